The van der Waals surface area contributed by atoms with Crippen LogP contribution in [0.2, 0.25) is 0 Å². The minimum atomic E-state index is -1.35. The highest BCUT2D eigenvalue weighted by molar-refractivity contribution is 6.04. The summed E-state index contributed by atoms with van der Waals surface area (Å²) in [6, 6.07) is 1.11. The lowest BCUT2D eigenvalue weighted by molar-refractivity contribution is 0.0512. The normalized spacial score (nSPS) is 9.89. The molecule has 0 aliphatic rings. The van der Waals surface area contributed by atoms with Crippen LogP contribution in [0.4, 0.5) is 0 Å². The van der Waals surface area contributed by atoms with Crippen LogP contribution in [-0.4, -0.2) is 41.2 Å². The van der Waals surface area contributed by atoms with Gasteiger partial charge in [-0.2, -0.15) is 0 Å². The van der Waals surface area contributed by atoms with E-state index in [1.807, 2.05) is 0 Å². The van der Waals surface area contributed by atoms with Crippen molar-refractivity contribution in [1.29, 1.82) is 0 Å². The van der Waals surface area contributed by atoms with Crippen molar-refractivity contribution in [2.75, 3.05) is 13.2 Å². The van der Waals surface area contributed by atoms with Gasteiger partial charge in [-0.1, -0.05) is 0 Å². The standard InChI is InChI=1S/C11H13NO6/c1-3-17-10(15)6-5-7(11(16)18-4-2)12-8(6)9(13)14/h5,12H,3-4H2,1-2H3,(H,13,14). The van der Waals surface area contributed by atoms with Crippen molar-refractivity contribution in [3.8, 4) is 0 Å². The summed E-state index contributed by atoms with van der Waals surface area (Å²) >= 11 is 0. The van der Waals surface area contributed by atoms with Gasteiger partial charge in [0.05, 0.1) is 18.8 Å². The number of hydrogen-bond acceptors (Lipinski definition) is 5. The van der Waals surface area contributed by atoms with E-state index >= 15 is 0 Å². The molecule has 0 saturated heterocycles. The second-order valence-electron chi connectivity index (χ2n) is 3.22. The molecule has 0 bridgehead atoms. The van der Waals surface area contributed by atoms with Gasteiger partial charge in [-0.3, -0.25) is 0 Å². The number of carbonyl (C=O) groups excluding carboxylic acids is 2. The van der Waals surface area contributed by atoms with Crippen molar-refractivity contribution in [1.82, 2.24) is 4.98 Å². The lowest BCUT2D eigenvalue weighted by atomic mass is 10.2. The number of esters is 2. The quantitative estimate of drug-likeness (QED) is 0.762. The average molecular weight is 255 g/mol. The van der Waals surface area contributed by atoms with Gasteiger partial charge in [0, 0.05) is 0 Å². The molecule has 98 valence electrons. The fraction of sp³-hybridized carbons (Fsp3) is 0.364. The number of carbonyl (C=O) groups is 3. The molecule has 1 heterocycles. The summed E-state index contributed by atoms with van der Waals surface area (Å²) in [6.07, 6.45) is 0. The van der Waals surface area contributed by atoms with Crippen molar-refractivity contribution < 1.29 is 29.0 Å². The number of carboxylic acids is 1. The van der Waals surface area contributed by atoms with Crippen LogP contribution in [0.25, 0.3) is 0 Å². The summed E-state index contributed by atoms with van der Waals surface area (Å²) in [7, 11) is 0. The molecule has 0 fully saturated rings. The van der Waals surface area contributed by atoms with Crippen LogP contribution in [0.15, 0.2) is 6.07 Å². The molecule has 0 unspecified atom stereocenters. The molecule has 0 aromatic carbocycles. The second kappa shape index (κ2) is 5.85. The summed E-state index contributed by atoms with van der Waals surface area (Å²) in [5, 5.41) is 8.92. The number of aromatic amines is 1. The van der Waals surface area contributed by atoms with E-state index in [4.69, 9.17) is 14.6 Å². The Morgan fingerprint density at radius 3 is 2.22 bits per heavy atom. The first-order valence-electron chi connectivity index (χ1n) is 5.31. The van der Waals surface area contributed by atoms with E-state index in [0.717, 1.165) is 6.07 Å². The number of aromatic nitrogens is 1. The summed E-state index contributed by atoms with van der Waals surface area (Å²) in [5.74, 6) is -2.88. The Morgan fingerprint density at radius 1 is 1.17 bits per heavy atom. The molecule has 7 heteroatoms. The van der Waals surface area contributed by atoms with Crippen molar-refractivity contribution in [3.63, 3.8) is 0 Å². The lowest BCUT2D eigenvalue weighted by Crippen LogP contribution is -2.10. The first kappa shape index (κ1) is 13.8. The molecular weight excluding hydrogens is 242 g/mol. The lowest BCUT2D eigenvalue weighted by Gasteiger charge is -1.99. The molecule has 1 aromatic heterocycles. The summed E-state index contributed by atoms with van der Waals surface area (Å²) in [6.45, 7) is 3.47. The number of rotatable bonds is 5. The van der Waals surface area contributed by atoms with E-state index in [0.29, 0.717) is 0 Å². The first-order valence-corrected chi connectivity index (χ1v) is 5.31. The maximum atomic E-state index is 11.5. The Labute approximate surface area is 103 Å². The van der Waals surface area contributed by atoms with Gasteiger partial charge >= 0.3 is 17.9 Å². The molecule has 0 amide bonds. The van der Waals surface area contributed by atoms with E-state index in [-0.39, 0.29) is 24.5 Å². The number of H-pyrrole nitrogens is 1. The van der Waals surface area contributed by atoms with Gasteiger partial charge in [0.25, 0.3) is 0 Å². The number of hydrogen-bond donors (Lipinski definition) is 2. The monoisotopic (exact) mass is 255 g/mol. The third-order valence-corrected chi connectivity index (χ3v) is 2.02. The van der Waals surface area contributed by atoms with E-state index in [2.05, 4.69) is 4.98 Å². The van der Waals surface area contributed by atoms with Gasteiger partial charge in [-0.15, -0.1) is 0 Å². The molecule has 0 radical (unpaired) electrons. The smallest absolute Gasteiger partial charge is 0.354 e. The maximum absolute atomic E-state index is 11.5. The molecule has 0 spiro atoms. The average Bonchev–Trinajstić information content (AvgIpc) is 2.74. The third-order valence-electron chi connectivity index (χ3n) is 2.02. The zero-order chi connectivity index (χ0) is 13.7. The number of nitrogens with one attached hydrogen (secondary N) is 1. The van der Waals surface area contributed by atoms with Crippen molar-refractivity contribution >= 4 is 17.9 Å². The van der Waals surface area contributed by atoms with Crippen molar-refractivity contribution in [2.45, 2.75) is 13.8 Å². The van der Waals surface area contributed by atoms with Crippen LogP contribution in [0.3, 0.4) is 0 Å². The predicted molar refractivity (Wildman–Crippen MR) is 59.7 cm³/mol. The second-order valence-corrected chi connectivity index (χ2v) is 3.22. The fourth-order valence-corrected chi connectivity index (χ4v) is 1.31. The number of carboxylic acid groups (broad SMARTS) is 1. The van der Waals surface area contributed by atoms with Gasteiger partial charge in [0.2, 0.25) is 0 Å². The van der Waals surface area contributed by atoms with Crippen LogP contribution in [0.1, 0.15) is 45.2 Å². The minimum Gasteiger partial charge on any atom is -0.477 e. The molecule has 0 aliphatic heterocycles. The summed E-state index contributed by atoms with van der Waals surface area (Å²) < 4.78 is 9.40. The van der Waals surface area contributed by atoms with Crippen LogP contribution >= 0.6 is 0 Å². The van der Waals surface area contributed by atoms with Crippen molar-refractivity contribution in [2.24, 2.45) is 0 Å². The van der Waals surface area contributed by atoms with Gasteiger partial charge in [0.15, 0.2) is 0 Å². The van der Waals surface area contributed by atoms with Gasteiger partial charge in [-0.05, 0) is 19.9 Å². The molecule has 1 rings (SSSR count). The largest absolute Gasteiger partial charge is 0.477 e. The molecule has 1 aromatic rings. The van der Waals surface area contributed by atoms with Crippen LogP contribution in [-0.2, 0) is 9.47 Å². The number of ether oxygens (including phenoxy) is 2. The number of aromatic carboxylic acids is 1. The Balaban J connectivity index is 3.12. The topological polar surface area (TPSA) is 106 Å². The Hall–Kier alpha value is -2.31. The predicted octanol–water partition coefficient (Wildman–Crippen LogP) is 1.07. The Morgan fingerprint density at radius 2 is 1.72 bits per heavy atom. The van der Waals surface area contributed by atoms with Crippen molar-refractivity contribution in [3.05, 3.63) is 23.0 Å². The maximum Gasteiger partial charge on any atom is 0.354 e. The highest BCUT2D eigenvalue weighted by Crippen LogP contribution is 2.14. The third kappa shape index (κ3) is 2.88. The zero-order valence-electron chi connectivity index (χ0n) is 9.98. The van der Waals surface area contributed by atoms with Crippen LogP contribution in [0.5, 0.6) is 0 Å². The van der Waals surface area contributed by atoms with E-state index in [1.165, 1.54) is 0 Å². The zero-order valence-corrected chi connectivity index (χ0v) is 9.98. The van der Waals surface area contributed by atoms with Crippen LogP contribution < -0.4 is 0 Å². The summed E-state index contributed by atoms with van der Waals surface area (Å²) in [4.78, 5) is 36.2. The van der Waals surface area contributed by atoms with E-state index in [1.54, 1.807) is 13.8 Å². The minimum absolute atomic E-state index is 0.0997. The Kier molecular flexibility index (Phi) is 4.47. The van der Waals surface area contributed by atoms with Crippen LogP contribution in [0, 0.1) is 0 Å². The van der Waals surface area contributed by atoms with Gasteiger partial charge in [-0.25, -0.2) is 14.4 Å². The molecule has 0 aliphatic carbocycles. The van der Waals surface area contributed by atoms with E-state index in [9.17, 15) is 14.4 Å². The van der Waals surface area contributed by atoms with Gasteiger partial charge in [0.1, 0.15) is 11.4 Å². The van der Waals surface area contributed by atoms with Gasteiger partial charge < -0.3 is 19.6 Å². The fourth-order valence-electron chi connectivity index (χ4n) is 1.31. The molecule has 18 heavy (non-hydrogen) atoms. The van der Waals surface area contributed by atoms with E-state index < -0.39 is 23.6 Å². The molecule has 0 atom stereocenters. The SMILES string of the molecule is CCOC(=O)c1cc(C(=O)OCC)c(C(=O)O)[nH]1. The molecular formula is C11H13NO6. The Bertz CT molecular complexity index is 476. The molecule has 0 saturated carbocycles. The molecule has 2 N–H and O–H groups in total. The highest BCUT2D eigenvalue weighted by atomic mass is 16.5. The first-order chi connectivity index (χ1) is 8.51. The molecule has 7 nitrogen and oxygen atoms in total. The summed E-state index contributed by atoms with van der Waals surface area (Å²) in [5.41, 5.74) is -0.693. The highest BCUT2D eigenvalue weighted by Gasteiger charge is 2.24.